The van der Waals surface area contributed by atoms with Crippen LogP contribution in [0.4, 0.5) is 5.69 Å². The molecule has 3 atom stereocenters. The molecule has 0 bridgehead atoms. The van der Waals surface area contributed by atoms with E-state index in [-0.39, 0.29) is 11.3 Å². The minimum absolute atomic E-state index is 0.240. The van der Waals surface area contributed by atoms with Gasteiger partial charge in [0.1, 0.15) is 34.1 Å². The Morgan fingerprint density at radius 1 is 1.33 bits per heavy atom. The standard InChI is InChI=1S/C21H25N3O5S/c1-6-28-13-9-7-12(8-10-13)15-14(11(2)29-23-15)22-21(5)18(27)24-16(17(25)26)20(3,4)30-19(21)24/h7-10,16,19,22H,6H2,1-5H3,(H,25,26)/t16-,19+,21-/m0/s1. The van der Waals surface area contributed by atoms with E-state index in [9.17, 15) is 14.7 Å². The van der Waals surface area contributed by atoms with Crippen molar-refractivity contribution in [2.45, 2.75) is 56.3 Å². The lowest BCUT2D eigenvalue weighted by Crippen LogP contribution is -2.75. The molecule has 1 amide bonds. The minimum Gasteiger partial charge on any atom is -0.494 e. The van der Waals surface area contributed by atoms with Gasteiger partial charge in [0.05, 0.1) is 6.61 Å². The summed E-state index contributed by atoms with van der Waals surface area (Å²) in [6.45, 7) is 9.81. The van der Waals surface area contributed by atoms with Crippen LogP contribution in [-0.4, -0.2) is 55.3 Å². The maximum Gasteiger partial charge on any atom is 0.327 e. The Hall–Kier alpha value is -2.68. The molecule has 1 aromatic carbocycles. The van der Waals surface area contributed by atoms with Crippen LogP contribution < -0.4 is 10.1 Å². The van der Waals surface area contributed by atoms with Gasteiger partial charge in [0, 0.05) is 10.3 Å². The third-order valence-electron chi connectivity index (χ3n) is 5.70. The Morgan fingerprint density at radius 2 is 2.00 bits per heavy atom. The zero-order chi connectivity index (χ0) is 21.8. The fourth-order valence-corrected chi connectivity index (χ4v) is 5.84. The Bertz CT molecular complexity index is 1000. The van der Waals surface area contributed by atoms with Gasteiger partial charge in [-0.25, -0.2) is 4.79 Å². The molecule has 0 spiro atoms. The van der Waals surface area contributed by atoms with Crippen molar-refractivity contribution >= 4 is 29.3 Å². The number of fused-ring (bicyclic) bond motifs is 1. The second-order valence-corrected chi connectivity index (χ2v) is 10.0. The van der Waals surface area contributed by atoms with Crippen LogP contribution in [0.2, 0.25) is 0 Å². The third kappa shape index (κ3) is 2.94. The number of amides is 1. The number of carboxylic acid groups (broad SMARTS) is 1. The van der Waals surface area contributed by atoms with Gasteiger partial charge in [0.25, 0.3) is 5.91 Å². The lowest BCUT2D eigenvalue weighted by Gasteiger charge is -2.51. The average molecular weight is 432 g/mol. The smallest absolute Gasteiger partial charge is 0.327 e. The first-order valence-electron chi connectivity index (χ1n) is 9.81. The monoisotopic (exact) mass is 431 g/mol. The number of aliphatic carboxylic acids is 1. The minimum atomic E-state index is -0.985. The molecule has 0 radical (unpaired) electrons. The summed E-state index contributed by atoms with van der Waals surface area (Å²) in [6, 6.07) is 6.63. The average Bonchev–Trinajstić information content (AvgIpc) is 3.18. The zero-order valence-corrected chi connectivity index (χ0v) is 18.4. The van der Waals surface area contributed by atoms with Crippen LogP contribution >= 0.6 is 11.8 Å². The summed E-state index contributed by atoms with van der Waals surface area (Å²) in [5, 5.41) is 16.9. The van der Waals surface area contributed by atoms with E-state index in [2.05, 4.69) is 10.5 Å². The maximum atomic E-state index is 13.1. The number of β-lactam (4-membered cyclic amide) rings is 1. The lowest BCUT2D eigenvalue weighted by molar-refractivity contribution is -0.163. The van der Waals surface area contributed by atoms with Crippen molar-refractivity contribution in [3.05, 3.63) is 30.0 Å². The molecule has 4 rings (SSSR count). The van der Waals surface area contributed by atoms with Crippen molar-refractivity contribution < 1.29 is 24.0 Å². The molecule has 0 unspecified atom stereocenters. The fraction of sp³-hybridized carbons (Fsp3) is 0.476. The van der Waals surface area contributed by atoms with Gasteiger partial charge in [-0.1, -0.05) is 5.16 Å². The van der Waals surface area contributed by atoms with Crippen molar-refractivity contribution in [3.63, 3.8) is 0 Å². The molecule has 9 heteroatoms. The van der Waals surface area contributed by atoms with Crippen LogP contribution in [0.1, 0.15) is 33.5 Å². The predicted octanol–water partition coefficient (Wildman–Crippen LogP) is 3.37. The van der Waals surface area contributed by atoms with Crippen LogP contribution in [-0.2, 0) is 9.59 Å². The number of aromatic nitrogens is 1. The van der Waals surface area contributed by atoms with E-state index < -0.39 is 22.3 Å². The van der Waals surface area contributed by atoms with E-state index in [1.165, 1.54) is 16.7 Å². The number of aryl methyl sites for hydroxylation is 1. The third-order valence-corrected chi connectivity index (χ3v) is 7.45. The number of carbonyl (C=O) groups excluding carboxylic acids is 1. The molecule has 2 aromatic rings. The van der Waals surface area contributed by atoms with E-state index in [4.69, 9.17) is 9.26 Å². The predicted molar refractivity (Wildman–Crippen MR) is 114 cm³/mol. The van der Waals surface area contributed by atoms with E-state index in [0.29, 0.717) is 23.7 Å². The molecule has 2 aliphatic rings. The second-order valence-electron chi connectivity index (χ2n) is 8.27. The molecule has 2 N–H and O–H groups in total. The van der Waals surface area contributed by atoms with Crippen molar-refractivity contribution in [1.29, 1.82) is 0 Å². The lowest BCUT2D eigenvalue weighted by atomic mass is 9.85. The summed E-state index contributed by atoms with van der Waals surface area (Å²) in [6.07, 6.45) is 0. The second kappa shape index (κ2) is 6.94. The van der Waals surface area contributed by atoms with Crippen LogP contribution in [0, 0.1) is 6.92 Å². The highest BCUT2D eigenvalue weighted by atomic mass is 32.2. The number of carboxylic acids is 1. The van der Waals surface area contributed by atoms with E-state index in [1.807, 2.05) is 45.0 Å². The highest BCUT2D eigenvalue weighted by Gasteiger charge is 2.69. The summed E-state index contributed by atoms with van der Waals surface area (Å²) in [5.74, 6) is 0.0957. The molecule has 0 aliphatic carbocycles. The Balaban J connectivity index is 1.64. The zero-order valence-electron chi connectivity index (χ0n) is 17.6. The number of nitrogens with one attached hydrogen (secondary N) is 1. The summed E-state index contributed by atoms with van der Waals surface area (Å²) in [5.41, 5.74) is 1.10. The molecule has 30 heavy (non-hydrogen) atoms. The number of carbonyl (C=O) groups is 2. The number of anilines is 1. The van der Waals surface area contributed by atoms with Gasteiger partial charge < -0.3 is 24.6 Å². The highest BCUT2D eigenvalue weighted by molar-refractivity contribution is 8.01. The molecule has 2 fully saturated rings. The SMILES string of the molecule is CCOc1ccc(-c2noc(C)c2N[C@@]2(C)C(=O)N3[C@@H](C(=O)O)C(C)(C)S[C@@H]32)cc1. The van der Waals surface area contributed by atoms with Crippen molar-refractivity contribution in [3.8, 4) is 17.0 Å². The van der Waals surface area contributed by atoms with Crippen LogP contribution in [0.3, 0.4) is 0 Å². The molecule has 2 aliphatic heterocycles. The first kappa shape index (κ1) is 20.6. The number of hydrogen-bond donors (Lipinski definition) is 2. The molecular formula is C21H25N3O5S. The van der Waals surface area contributed by atoms with Crippen LogP contribution in [0.25, 0.3) is 11.3 Å². The van der Waals surface area contributed by atoms with Crippen molar-refractivity contribution in [2.75, 3.05) is 11.9 Å². The molecule has 1 aromatic heterocycles. The summed E-state index contributed by atoms with van der Waals surface area (Å²) >= 11 is 1.50. The van der Waals surface area contributed by atoms with Gasteiger partial charge in [-0.15, -0.1) is 11.8 Å². The fourth-order valence-electron chi connectivity index (χ4n) is 4.19. The number of ether oxygens (including phenoxy) is 1. The van der Waals surface area contributed by atoms with Gasteiger partial charge in [-0.2, -0.15) is 0 Å². The molecular weight excluding hydrogens is 406 g/mol. The molecule has 8 nitrogen and oxygen atoms in total. The van der Waals surface area contributed by atoms with Crippen molar-refractivity contribution in [2.24, 2.45) is 0 Å². The number of rotatable bonds is 6. The summed E-state index contributed by atoms with van der Waals surface area (Å²) in [7, 11) is 0. The van der Waals surface area contributed by atoms with E-state index in [1.54, 1.807) is 13.8 Å². The first-order valence-corrected chi connectivity index (χ1v) is 10.7. The number of benzene rings is 1. The van der Waals surface area contributed by atoms with Gasteiger partial charge in [-0.05, 0) is 58.9 Å². The molecule has 160 valence electrons. The maximum absolute atomic E-state index is 13.1. The summed E-state index contributed by atoms with van der Waals surface area (Å²) < 4.78 is 10.3. The number of thioether (sulfide) groups is 1. The van der Waals surface area contributed by atoms with Gasteiger partial charge in [0.15, 0.2) is 5.76 Å². The first-order chi connectivity index (χ1) is 14.1. The highest BCUT2D eigenvalue weighted by Crippen LogP contribution is 2.56. The quantitative estimate of drug-likeness (QED) is 0.671. The number of nitrogens with zero attached hydrogens (tertiary/aromatic N) is 2. The van der Waals surface area contributed by atoms with E-state index in [0.717, 1.165) is 11.3 Å². The molecule has 0 saturated carbocycles. The van der Waals surface area contributed by atoms with Gasteiger partial charge >= 0.3 is 5.97 Å². The molecule has 3 heterocycles. The Labute approximate surface area is 178 Å². The Morgan fingerprint density at radius 3 is 2.60 bits per heavy atom. The normalized spacial score (nSPS) is 26.8. The van der Waals surface area contributed by atoms with E-state index >= 15 is 0 Å². The molecule has 2 saturated heterocycles. The number of hydrogen-bond acceptors (Lipinski definition) is 7. The largest absolute Gasteiger partial charge is 0.494 e. The van der Waals surface area contributed by atoms with Crippen LogP contribution in [0.15, 0.2) is 28.8 Å². The summed E-state index contributed by atoms with van der Waals surface area (Å²) in [4.78, 5) is 26.3. The Kier molecular flexibility index (Phi) is 4.76. The van der Waals surface area contributed by atoms with Crippen LogP contribution in [0.5, 0.6) is 5.75 Å². The van der Waals surface area contributed by atoms with Crippen molar-refractivity contribution in [1.82, 2.24) is 10.1 Å². The van der Waals surface area contributed by atoms with Gasteiger partial charge in [0.2, 0.25) is 0 Å². The topological polar surface area (TPSA) is 105 Å². The van der Waals surface area contributed by atoms with Gasteiger partial charge in [-0.3, -0.25) is 4.79 Å².